The Bertz CT molecular complexity index is 1120. The maximum atomic E-state index is 14.2. The first kappa shape index (κ1) is 31.0. The Kier molecular flexibility index (Phi) is 10.9. The summed E-state index contributed by atoms with van der Waals surface area (Å²) in [7, 11) is 1.54. The number of hydrogen-bond donors (Lipinski definition) is 2. The van der Waals surface area contributed by atoms with Crippen LogP contribution in [0.5, 0.6) is 0 Å². The number of carbonyl (C=O) groups excluding carboxylic acids is 2. The molecule has 0 radical (unpaired) electrons. The molecule has 2 N–H and O–H groups in total. The molecule has 0 spiro atoms. The highest BCUT2D eigenvalue weighted by Crippen LogP contribution is 2.47. The van der Waals surface area contributed by atoms with Gasteiger partial charge < -0.3 is 20.3 Å². The molecule has 9 nitrogen and oxygen atoms in total. The fourth-order valence-corrected chi connectivity index (χ4v) is 7.73. The SMILES string of the molecule is COCC(=O)NC1CCC(N[C@H](Cc2ccc(Cl)cc2)C(=O)N2CCC(Cn3cncn3)(C3CCCCC3)CC2)CC1. The number of piperidine rings is 1. The minimum absolute atomic E-state index is 0.0667. The molecule has 5 rings (SSSR count). The molecule has 2 amide bonds. The van der Waals surface area contributed by atoms with Gasteiger partial charge >= 0.3 is 0 Å². The van der Waals surface area contributed by atoms with Crippen molar-refractivity contribution in [3.05, 3.63) is 47.5 Å². The van der Waals surface area contributed by atoms with E-state index in [2.05, 4.69) is 25.6 Å². The number of methoxy groups -OCH3 is 1. The molecule has 10 heteroatoms. The highest BCUT2D eigenvalue weighted by atomic mass is 35.5. The zero-order chi connectivity index (χ0) is 29.4. The monoisotopic (exact) mass is 598 g/mol. The normalized spacial score (nSPS) is 23.8. The predicted octanol–water partition coefficient (Wildman–Crippen LogP) is 4.40. The molecule has 1 saturated heterocycles. The molecule has 1 aliphatic heterocycles. The average molecular weight is 599 g/mol. The molecule has 2 saturated carbocycles. The Morgan fingerprint density at radius 1 is 1.02 bits per heavy atom. The summed E-state index contributed by atoms with van der Waals surface area (Å²) in [6.07, 6.45) is 16.2. The molecule has 2 aromatic rings. The van der Waals surface area contributed by atoms with E-state index in [-0.39, 0.29) is 42.0 Å². The lowest BCUT2D eigenvalue weighted by molar-refractivity contribution is -0.137. The molecule has 0 unspecified atom stereocenters. The molecule has 1 atom stereocenters. The zero-order valence-electron chi connectivity index (χ0n) is 25.0. The van der Waals surface area contributed by atoms with E-state index in [1.165, 1.54) is 39.2 Å². The van der Waals surface area contributed by atoms with Gasteiger partial charge in [-0.15, -0.1) is 0 Å². The van der Waals surface area contributed by atoms with Gasteiger partial charge in [-0.2, -0.15) is 5.10 Å². The van der Waals surface area contributed by atoms with E-state index in [1.54, 1.807) is 6.33 Å². The summed E-state index contributed by atoms with van der Waals surface area (Å²) < 4.78 is 6.96. The highest BCUT2D eigenvalue weighted by molar-refractivity contribution is 6.30. The number of nitrogens with zero attached hydrogens (tertiary/aromatic N) is 4. The molecule has 1 aromatic carbocycles. The standard InChI is InChI=1S/C32H47ClN6O3/c1-42-20-30(40)37-28-13-11-27(12-14-28)36-29(19-24-7-9-26(33)10-8-24)31(41)38-17-15-32(16-18-38,21-39-23-34-22-35-39)25-5-3-2-4-6-25/h7-10,22-23,25,27-29,36H,2-6,11-21H2,1H3,(H,37,40)/t27?,28?,29-/m1/s1. The Balaban J connectivity index is 1.24. The van der Waals surface area contributed by atoms with E-state index in [1.807, 2.05) is 35.3 Å². The number of aromatic nitrogens is 3. The number of hydrogen-bond acceptors (Lipinski definition) is 6. The molecule has 2 aliphatic carbocycles. The molecular formula is C32H47ClN6O3. The second-order valence-electron chi connectivity index (χ2n) is 12.7. The van der Waals surface area contributed by atoms with Gasteiger partial charge in [-0.1, -0.05) is 43.0 Å². The number of amides is 2. The van der Waals surface area contributed by atoms with Crippen molar-refractivity contribution < 1.29 is 14.3 Å². The summed E-state index contributed by atoms with van der Waals surface area (Å²) in [4.78, 5) is 32.5. The van der Waals surface area contributed by atoms with Gasteiger partial charge in [-0.05, 0) is 86.8 Å². The third kappa shape index (κ3) is 8.11. The van der Waals surface area contributed by atoms with Gasteiger partial charge in [0.05, 0.1) is 6.04 Å². The molecule has 42 heavy (non-hydrogen) atoms. The minimum atomic E-state index is -0.298. The maximum Gasteiger partial charge on any atom is 0.246 e. The van der Waals surface area contributed by atoms with E-state index in [4.69, 9.17) is 16.3 Å². The Morgan fingerprint density at radius 3 is 2.36 bits per heavy atom. The fourth-order valence-electron chi connectivity index (χ4n) is 7.60. The quantitative estimate of drug-likeness (QED) is 0.398. The molecule has 0 bridgehead atoms. The summed E-state index contributed by atoms with van der Waals surface area (Å²) in [6.45, 7) is 2.53. The van der Waals surface area contributed by atoms with Crippen molar-refractivity contribution >= 4 is 23.4 Å². The number of nitrogens with one attached hydrogen (secondary N) is 2. The van der Waals surface area contributed by atoms with Crippen molar-refractivity contribution in [2.45, 2.75) is 102 Å². The molecule has 2 heterocycles. The molecule has 230 valence electrons. The molecule has 3 aliphatic rings. The van der Waals surface area contributed by atoms with Gasteiger partial charge in [-0.25, -0.2) is 4.98 Å². The Labute approximate surface area is 255 Å². The number of rotatable bonds is 11. The van der Waals surface area contributed by atoms with Crippen LogP contribution >= 0.6 is 11.6 Å². The van der Waals surface area contributed by atoms with E-state index in [0.717, 1.165) is 63.7 Å². The van der Waals surface area contributed by atoms with Gasteiger partial charge in [0.1, 0.15) is 19.3 Å². The van der Waals surface area contributed by atoms with Crippen LogP contribution in [0, 0.1) is 11.3 Å². The van der Waals surface area contributed by atoms with Crippen LogP contribution in [0.15, 0.2) is 36.9 Å². The van der Waals surface area contributed by atoms with Crippen LogP contribution in [-0.2, 0) is 27.3 Å². The van der Waals surface area contributed by atoms with Crippen LogP contribution < -0.4 is 10.6 Å². The van der Waals surface area contributed by atoms with Crippen LogP contribution in [0.4, 0.5) is 0 Å². The third-order valence-corrected chi connectivity index (χ3v) is 10.2. The first-order valence-electron chi connectivity index (χ1n) is 15.8. The second-order valence-corrected chi connectivity index (χ2v) is 13.2. The first-order valence-corrected chi connectivity index (χ1v) is 16.2. The van der Waals surface area contributed by atoms with E-state index in [9.17, 15) is 9.59 Å². The lowest BCUT2D eigenvalue weighted by Crippen LogP contribution is -2.56. The van der Waals surface area contributed by atoms with Crippen molar-refractivity contribution in [1.82, 2.24) is 30.3 Å². The van der Waals surface area contributed by atoms with Crippen LogP contribution in [-0.4, -0.2) is 76.4 Å². The number of halogens is 1. The smallest absolute Gasteiger partial charge is 0.246 e. The van der Waals surface area contributed by atoms with Crippen LogP contribution in [0.2, 0.25) is 5.02 Å². The summed E-state index contributed by atoms with van der Waals surface area (Å²) in [6, 6.07) is 7.94. The molecule has 3 fully saturated rings. The van der Waals surface area contributed by atoms with Gasteiger partial charge in [0.2, 0.25) is 11.8 Å². The Hall–Kier alpha value is -2.49. The zero-order valence-corrected chi connectivity index (χ0v) is 25.7. The van der Waals surface area contributed by atoms with E-state index >= 15 is 0 Å². The summed E-state index contributed by atoms with van der Waals surface area (Å²) >= 11 is 6.16. The molecular weight excluding hydrogens is 552 g/mol. The first-order chi connectivity index (χ1) is 20.4. The van der Waals surface area contributed by atoms with Crippen LogP contribution in [0.25, 0.3) is 0 Å². The number of likely N-dealkylation sites (tertiary alicyclic amines) is 1. The van der Waals surface area contributed by atoms with Crippen LogP contribution in [0.3, 0.4) is 0 Å². The van der Waals surface area contributed by atoms with Crippen molar-refractivity contribution in [3.8, 4) is 0 Å². The highest BCUT2D eigenvalue weighted by Gasteiger charge is 2.44. The predicted molar refractivity (Wildman–Crippen MR) is 163 cm³/mol. The molecule has 1 aromatic heterocycles. The van der Waals surface area contributed by atoms with Gasteiger partial charge in [0.25, 0.3) is 0 Å². The van der Waals surface area contributed by atoms with Gasteiger partial charge in [0, 0.05) is 43.9 Å². The summed E-state index contributed by atoms with van der Waals surface area (Å²) in [5.41, 5.74) is 1.26. The topological polar surface area (TPSA) is 101 Å². The maximum absolute atomic E-state index is 14.2. The fraction of sp³-hybridized carbons (Fsp3) is 0.688. The van der Waals surface area contributed by atoms with Gasteiger partial charge in [-0.3, -0.25) is 14.3 Å². The largest absolute Gasteiger partial charge is 0.375 e. The van der Waals surface area contributed by atoms with Gasteiger partial charge in [0.15, 0.2) is 0 Å². The van der Waals surface area contributed by atoms with Crippen molar-refractivity contribution in [3.63, 3.8) is 0 Å². The van der Waals surface area contributed by atoms with E-state index in [0.29, 0.717) is 17.4 Å². The van der Waals surface area contributed by atoms with Crippen molar-refractivity contribution in [2.24, 2.45) is 11.3 Å². The third-order valence-electron chi connectivity index (χ3n) is 9.94. The lowest BCUT2D eigenvalue weighted by Gasteiger charge is -2.48. The lowest BCUT2D eigenvalue weighted by atomic mass is 9.63. The van der Waals surface area contributed by atoms with E-state index < -0.39 is 0 Å². The van der Waals surface area contributed by atoms with Crippen molar-refractivity contribution in [1.29, 1.82) is 0 Å². The Morgan fingerprint density at radius 2 is 1.71 bits per heavy atom. The summed E-state index contributed by atoms with van der Waals surface area (Å²) in [5.74, 6) is 0.802. The summed E-state index contributed by atoms with van der Waals surface area (Å²) in [5, 5.41) is 12.0. The second kappa shape index (κ2) is 14.8. The minimum Gasteiger partial charge on any atom is -0.375 e. The number of ether oxygens (including phenoxy) is 1. The number of carbonyl (C=O) groups is 2. The van der Waals surface area contributed by atoms with Crippen molar-refractivity contribution in [2.75, 3.05) is 26.8 Å². The van der Waals surface area contributed by atoms with Crippen LogP contribution in [0.1, 0.15) is 76.2 Å². The number of benzene rings is 1. The average Bonchev–Trinajstić information content (AvgIpc) is 3.52.